The maximum atomic E-state index is 12.6. The molecule has 1 aromatic heterocycles. The Morgan fingerprint density at radius 2 is 2.21 bits per heavy atom. The lowest BCUT2D eigenvalue weighted by molar-refractivity contribution is -0.154. The van der Waals surface area contributed by atoms with Gasteiger partial charge in [-0.25, -0.2) is 4.98 Å². The zero-order valence-electron chi connectivity index (χ0n) is 13.3. The van der Waals surface area contributed by atoms with Gasteiger partial charge in [0.05, 0.1) is 5.56 Å². The summed E-state index contributed by atoms with van der Waals surface area (Å²) < 4.78 is 40.8. The third-order valence-electron chi connectivity index (χ3n) is 3.57. The van der Waals surface area contributed by atoms with Crippen LogP contribution in [0.25, 0.3) is 0 Å². The Morgan fingerprint density at radius 1 is 1.46 bits per heavy atom. The summed E-state index contributed by atoms with van der Waals surface area (Å²) in [6, 6.07) is 2.88. The van der Waals surface area contributed by atoms with Crippen LogP contribution in [0.3, 0.4) is 0 Å². The first-order chi connectivity index (χ1) is 10.9. The summed E-state index contributed by atoms with van der Waals surface area (Å²) in [6.07, 6.45) is -1.42. The van der Waals surface area contributed by atoms with Crippen molar-refractivity contribution in [3.05, 3.63) is 23.9 Å². The van der Waals surface area contributed by atoms with Gasteiger partial charge in [-0.2, -0.15) is 13.2 Å². The van der Waals surface area contributed by atoms with E-state index < -0.39 is 12.8 Å². The number of alkyl halides is 3. The van der Waals surface area contributed by atoms with E-state index in [2.05, 4.69) is 15.0 Å². The number of amides is 1. The van der Waals surface area contributed by atoms with Gasteiger partial charge in [-0.15, -0.1) is 12.4 Å². The van der Waals surface area contributed by atoms with Gasteiger partial charge in [0.2, 0.25) is 5.88 Å². The Hall–Kier alpha value is -1.54. The number of halogens is 4. The summed E-state index contributed by atoms with van der Waals surface area (Å²) in [6.45, 7) is 2.86. The lowest BCUT2D eigenvalue weighted by Crippen LogP contribution is -2.42. The molecule has 136 valence electrons. The van der Waals surface area contributed by atoms with Crippen molar-refractivity contribution < 1.29 is 22.7 Å². The average Bonchev–Trinajstić information content (AvgIpc) is 3.04. The van der Waals surface area contributed by atoms with Crippen LogP contribution in [0.2, 0.25) is 0 Å². The smallest absolute Gasteiger partial charge is 0.422 e. The number of hydrogen-bond acceptors (Lipinski definition) is 4. The highest BCUT2D eigenvalue weighted by Crippen LogP contribution is 2.18. The van der Waals surface area contributed by atoms with Gasteiger partial charge in [-0.05, 0) is 25.5 Å². The van der Waals surface area contributed by atoms with Crippen LogP contribution in [-0.2, 0) is 0 Å². The molecule has 1 aliphatic heterocycles. The first-order valence-electron chi connectivity index (χ1n) is 7.58. The van der Waals surface area contributed by atoms with Crippen LogP contribution in [0.15, 0.2) is 18.3 Å². The van der Waals surface area contributed by atoms with Crippen molar-refractivity contribution in [2.75, 3.05) is 26.2 Å². The van der Waals surface area contributed by atoms with E-state index in [9.17, 15) is 18.0 Å². The van der Waals surface area contributed by atoms with Crippen LogP contribution in [0.4, 0.5) is 13.2 Å². The average molecular weight is 368 g/mol. The molecule has 0 radical (unpaired) electrons. The van der Waals surface area contributed by atoms with Gasteiger partial charge in [0.15, 0.2) is 6.61 Å². The van der Waals surface area contributed by atoms with E-state index in [0.29, 0.717) is 12.1 Å². The highest BCUT2D eigenvalue weighted by Gasteiger charge is 2.29. The van der Waals surface area contributed by atoms with Crippen LogP contribution in [0, 0.1) is 0 Å². The van der Waals surface area contributed by atoms with Crippen molar-refractivity contribution in [2.45, 2.75) is 32.0 Å². The second kappa shape index (κ2) is 9.08. The number of nitrogens with one attached hydrogen (secondary N) is 1. The molecule has 2 rings (SSSR count). The normalized spacial score (nSPS) is 17.2. The molecule has 1 aromatic rings. The number of rotatable bonds is 6. The number of ether oxygens (including phenoxy) is 1. The Morgan fingerprint density at radius 3 is 2.71 bits per heavy atom. The summed E-state index contributed by atoms with van der Waals surface area (Å²) in [5, 5.41) is 3.22. The SMILES string of the molecule is CCCN(C(=O)c1ccc(OCC(F)(F)F)nc1)C1CCNC1.Cl. The summed E-state index contributed by atoms with van der Waals surface area (Å²) in [5.74, 6) is -0.307. The van der Waals surface area contributed by atoms with E-state index in [1.807, 2.05) is 6.92 Å². The van der Waals surface area contributed by atoms with Crippen molar-refractivity contribution >= 4 is 18.3 Å². The minimum Gasteiger partial charge on any atom is -0.468 e. The van der Waals surface area contributed by atoms with E-state index in [4.69, 9.17) is 0 Å². The fourth-order valence-corrected chi connectivity index (χ4v) is 2.51. The molecule has 9 heteroatoms. The van der Waals surface area contributed by atoms with Crippen molar-refractivity contribution in [3.8, 4) is 5.88 Å². The number of carbonyl (C=O) groups is 1. The molecule has 1 saturated heterocycles. The number of hydrogen-bond donors (Lipinski definition) is 1. The Bertz CT molecular complexity index is 520. The highest BCUT2D eigenvalue weighted by atomic mass is 35.5. The molecule has 5 nitrogen and oxygen atoms in total. The molecule has 1 unspecified atom stereocenters. The third kappa shape index (κ3) is 5.83. The monoisotopic (exact) mass is 367 g/mol. The standard InChI is InChI=1S/C15H20F3N3O2.ClH/c1-2-7-21(12-5-6-19-9-12)14(22)11-3-4-13(20-8-11)23-10-15(16,17)18;/h3-4,8,12,19H,2,5-7,9-10H2,1H3;1H. The maximum absolute atomic E-state index is 12.6. The van der Waals surface area contributed by atoms with E-state index in [1.54, 1.807) is 4.90 Å². The minimum atomic E-state index is -4.41. The molecule has 1 N–H and O–H groups in total. The molecule has 1 aliphatic rings. The van der Waals surface area contributed by atoms with Crippen LogP contribution in [0.5, 0.6) is 5.88 Å². The highest BCUT2D eigenvalue weighted by molar-refractivity contribution is 5.94. The van der Waals surface area contributed by atoms with Gasteiger partial charge in [0, 0.05) is 31.4 Å². The molecule has 0 saturated carbocycles. The Kier molecular flexibility index (Phi) is 7.75. The fraction of sp³-hybridized carbons (Fsp3) is 0.600. The molecule has 1 atom stereocenters. The minimum absolute atomic E-state index is 0. The van der Waals surface area contributed by atoms with Crippen LogP contribution in [0.1, 0.15) is 30.1 Å². The molecule has 0 spiro atoms. The van der Waals surface area contributed by atoms with E-state index in [0.717, 1.165) is 25.9 Å². The van der Waals surface area contributed by atoms with Gasteiger partial charge in [0.1, 0.15) is 0 Å². The molecule has 24 heavy (non-hydrogen) atoms. The van der Waals surface area contributed by atoms with Gasteiger partial charge in [0.25, 0.3) is 5.91 Å². The van der Waals surface area contributed by atoms with Crippen molar-refractivity contribution in [3.63, 3.8) is 0 Å². The Balaban J connectivity index is 0.00000288. The maximum Gasteiger partial charge on any atom is 0.422 e. The van der Waals surface area contributed by atoms with Crippen molar-refractivity contribution in [2.24, 2.45) is 0 Å². The molecule has 1 amide bonds. The zero-order chi connectivity index (χ0) is 16.9. The van der Waals surface area contributed by atoms with Gasteiger partial charge < -0.3 is 15.0 Å². The van der Waals surface area contributed by atoms with E-state index in [1.165, 1.54) is 18.3 Å². The third-order valence-corrected chi connectivity index (χ3v) is 3.57. The predicted molar refractivity (Wildman–Crippen MR) is 85.6 cm³/mol. The predicted octanol–water partition coefficient (Wildman–Crippen LogP) is 2.66. The van der Waals surface area contributed by atoms with Crippen molar-refractivity contribution in [1.29, 1.82) is 0 Å². The molecule has 0 aliphatic carbocycles. The topological polar surface area (TPSA) is 54.5 Å². The second-order valence-electron chi connectivity index (χ2n) is 5.43. The number of aromatic nitrogens is 1. The molecular formula is C15H21ClF3N3O2. The fourth-order valence-electron chi connectivity index (χ4n) is 2.51. The molecule has 0 bridgehead atoms. The summed E-state index contributed by atoms with van der Waals surface area (Å²) in [4.78, 5) is 18.2. The molecular weight excluding hydrogens is 347 g/mol. The van der Waals surface area contributed by atoms with Crippen LogP contribution >= 0.6 is 12.4 Å². The number of carbonyl (C=O) groups excluding carboxylic acids is 1. The van der Waals surface area contributed by atoms with E-state index in [-0.39, 0.29) is 30.2 Å². The van der Waals surface area contributed by atoms with Crippen molar-refractivity contribution in [1.82, 2.24) is 15.2 Å². The molecule has 1 fully saturated rings. The lowest BCUT2D eigenvalue weighted by atomic mass is 10.1. The zero-order valence-corrected chi connectivity index (χ0v) is 14.1. The quantitative estimate of drug-likeness (QED) is 0.840. The summed E-state index contributed by atoms with van der Waals surface area (Å²) >= 11 is 0. The lowest BCUT2D eigenvalue weighted by Gasteiger charge is -2.28. The number of nitrogens with zero attached hydrogens (tertiary/aromatic N) is 2. The first kappa shape index (κ1) is 20.5. The van der Waals surface area contributed by atoms with Gasteiger partial charge in [-0.3, -0.25) is 4.79 Å². The largest absolute Gasteiger partial charge is 0.468 e. The first-order valence-corrected chi connectivity index (χ1v) is 7.58. The second-order valence-corrected chi connectivity index (χ2v) is 5.43. The van der Waals surface area contributed by atoms with Crippen LogP contribution < -0.4 is 10.1 Å². The summed E-state index contributed by atoms with van der Waals surface area (Å²) in [7, 11) is 0. The Labute approximate surface area is 145 Å². The molecule has 0 aromatic carbocycles. The molecule has 2 heterocycles. The summed E-state index contributed by atoms with van der Waals surface area (Å²) in [5.41, 5.74) is 0.352. The van der Waals surface area contributed by atoms with Crippen LogP contribution in [-0.4, -0.2) is 54.3 Å². The van der Waals surface area contributed by atoms with Gasteiger partial charge in [-0.1, -0.05) is 6.92 Å². The van der Waals surface area contributed by atoms with E-state index >= 15 is 0 Å². The van der Waals surface area contributed by atoms with Gasteiger partial charge >= 0.3 is 6.18 Å². The number of pyridine rings is 1.